The van der Waals surface area contributed by atoms with Gasteiger partial charge >= 0.3 is 6.08 Å². The van der Waals surface area contributed by atoms with Crippen LogP contribution in [0, 0.1) is 6.08 Å². The van der Waals surface area contributed by atoms with Crippen molar-refractivity contribution in [2.75, 3.05) is 5.32 Å². The van der Waals surface area contributed by atoms with E-state index in [1.807, 2.05) is 5.10 Å². The smallest absolute Gasteiger partial charge is 0.305 e. The lowest BCUT2D eigenvalue weighted by Crippen LogP contribution is -2.13. The summed E-state index contributed by atoms with van der Waals surface area (Å²) in [7, 11) is 0. The van der Waals surface area contributed by atoms with Crippen LogP contribution in [0.2, 0.25) is 5.15 Å². The van der Waals surface area contributed by atoms with Crippen LogP contribution in [0.25, 0.3) is 0 Å². The quantitative estimate of drug-likeness (QED) is 0.775. The van der Waals surface area contributed by atoms with Crippen LogP contribution in [0.15, 0.2) is 18.3 Å². The van der Waals surface area contributed by atoms with Gasteiger partial charge in [-0.05, 0) is 12.1 Å². The molecule has 2 rings (SSSR count). The number of pyridine rings is 1. The highest BCUT2D eigenvalue weighted by Crippen LogP contribution is 2.10. The predicted molar refractivity (Wildman–Crippen MR) is 53.5 cm³/mol. The summed E-state index contributed by atoms with van der Waals surface area (Å²) in [5.41, 5.74) is 0.416. The maximum Gasteiger partial charge on any atom is 0.305 e. The first kappa shape index (κ1) is 10.5. The fourth-order valence-electron chi connectivity index (χ4n) is 0.980. The van der Waals surface area contributed by atoms with Gasteiger partial charge in [0.2, 0.25) is 5.82 Å². The van der Waals surface area contributed by atoms with Gasteiger partial charge in [-0.2, -0.15) is 9.37 Å². The van der Waals surface area contributed by atoms with Gasteiger partial charge < -0.3 is 5.32 Å². The fraction of sp³-hybridized carbons (Fsp3) is 0. The molecule has 2 N–H and O–H groups in total. The molecule has 2 aromatic heterocycles. The summed E-state index contributed by atoms with van der Waals surface area (Å²) >= 11 is 5.57. The van der Waals surface area contributed by atoms with Gasteiger partial charge in [-0.15, -0.1) is 5.10 Å². The summed E-state index contributed by atoms with van der Waals surface area (Å²) in [5.74, 6) is -0.920. The zero-order valence-electron chi connectivity index (χ0n) is 7.74. The van der Waals surface area contributed by atoms with Gasteiger partial charge in [0, 0.05) is 0 Å². The van der Waals surface area contributed by atoms with Crippen LogP contribution in [0.4, 0.5) is 10.1 Å². The number of nitrogens with zero attached hydrogens (tertiary/aromatic N) is 3. The Balaban J connectivity index is 2.10. The monoisotopic (exact) mass is 241 g/mol. The number of nitrogens with one attached hydrogen (secondary N) is 2. The van der Waals surface area contributed by atoms with Crippen LogP contribution in [-0.2, 0) is 0 Å². The van der Waals surface area contributed by atoms with E-state index in [9.17, 15) is 9.18 Å². The van der Waals surface area contributed by atoms with Crippen molar-refractivity contribution in [1.29, 1.82) is 0 Å². The van der Waals surface area contributed by atoms with E-state index in [0.29, 0.717) is 10.8 Å². The van der Waals surface area contributed by atoms with E-state index in [1.54, 1.807) is 6.07 Å². The van der Waals surface area contributed by atoms with Crippen molar-refractivity contribution >= 4 is 23.2 Å². The van der Waals surface area contributed by atoms with Gasteiger partial charge in [-0.1, -0.05) is 11.6 Å². The predicted octanol–water partition coefficient (Wildman–Crippen LogP) is 1.24. The molecule has 0 aliphatic carbocycles. The molecule has 0 radical (unpaired) electrons. The highest BCUT2D eigenvalue weighted by atomic mass is 35.5. The van der Waals surface area contributed by atoms with E-state index in [0.717, 1.165) is 0 Å². The largest absolute Gasteiger partial charge is 0.318 e. The molecule has 0 spiro atoms. The highest BCUT2D eigenvalue weighted by molar-refractivity contribution is 6.29. The lowest BCUT2D eigenvalue weighted by Gasteiger charge is -2.00. The standard InChI is InChI=1S/C8H5ClFN5O/c9-5-2-1-4(3-11-5)12-7(16)6-13-8(10)15-14-6/h1-3H,(H,12,16)(H,13,14,15). The van der Waals surface area contributed by atoms with Crippen molar-refractivity contribution in [3.63, 3.8) is 0 Å². The minimum atomic E-state index is -0.917. The number of carbonyl (C=O) groups excluding carboxylic acids is 1. The van der Waals surface area contributed by atoms with Crippen LogP contribution in [0.1, 0.15) is 10.6 Å². The lowest BCUT2D eigenvalue weighted by molar-refractivity contribution is 0.101. The number of aromatic nitrogens is 4. The first-order valence-corrected chi connectivity index (χ1v) is 4.54. The van der Waals surface area contributed by atoms with E-state index in [-0.39, 0.29) is 5.82 Å². The van der Waals surface area contributed by atoms with Gasteiger partial charge in [0.1, 0.15) is 5.15 Å². The summed E-state index contributed by atoms with van der Waals surface area (Å²) in [6.07, 6.45) is 0.447. The number of anilines is 1. The molecule has 0 bridgehead atoms. The second-order valence-electron chi connectivity index (χ2n) is 2.77. The average Bonchev–Trinajstić information content (AvgIpc) is 2.68. The van der Waals surface area contributed by atoms with Crippen molar-refractivity contribution in [2.45, 2.75) is 0 Å². The molecule has 2 heterocycles. The SMILES string of the molecule is O=C(Nc1ccc(Cl)nc1)c1n[nH]c(F)n1. The van der Waals surface area contributed by atoms with Gasteiger partial charge in [-0.25, -0.2) is 10.1 Å². The second kappa shape index (κ2) is 4.23. The molecule has 0 saturated carbocycles. The molecule has 0 saturated heterocycles. The zero-order valence-corrected chi connectivity index (χ0v) is 8.49. The maximum atomic E-state index is 12.4. The molecule has 0 atom stereocenters. The number of aromatic amines is 1. The van der Waals surface area contributed by atoms with E-state index in [2.05, 4.69) is 20.4 Å². The third-order valence-corrected chi connectivity index (χ3v) is 1.87. The number of carbonyl (C=O) groups is 1. The molecule has 0 unspecified atom stereocenters. The Morgan fingerprint density at radius 3 is 2.88 bits per heavy atom. The number of H-pyrrole nitrogens is 1. The molecule has 6 nitrogen and oxygen atoms in total. The van der Waals surface area contributed by atoms with Crippen molar-refractivity contribution < 1.29 is 9.18 Å². The summed E-state index contributed by atoms with van der Waals surface area (Å²) in [6.45, 7) is 0. The second-order valence-corrected chi connectivity index (χ2v) is 3.16. The summed E-state index contributed by atoms with van der Waals surface area (Å²) < 4.78 is 12.4. The molecule has 16 heavy (non-hydrogen) atoms. The minimum Gasteiger partial charge on any atom is -0.318 e. The van der Waals surface area contributed by atoms with Gasteiger partial charge in [0.15, 0.2) is 0 Å². The summed E-state index contributed by atoms with van der Waals surface area (Å²) in [6, 6.07) is 3.06. The first-order valence-electron chi connectivity index (χ1n) is 4.16. The molecule has 0 aromatic carbocycles. The van der Waals surface area contributed by atoms with Crippen molar-refractivity contribution in [1.82, 2.24) is 20.2 Å². The lowest BCUT2D eigenvalue weighted by atomic mass is 10.4. The van der Waals surface area contributed by atoms with E-state index in [1.165, 1.54) is 12.3 Å². The van der Waals surface area contributed by atoms with Gasteiger partial charge in [0.25, 0.3) is 5.91 Å². The third kappa shape index (κ3) is 2.31. The third-order valence-electron chi connectivity index (χ3n) is 1.65. The molecular weight excluding hydrogens is 237 g/mol. The van der Waals surface area contributed by atoms with E-state index >= 15 is 0 Å². The number of hydrogen-bond acceptors (Lipinski definition) is 4. The summed E-state index contributed by atoms with van der Waals surface area (Å²) in [5, 5.41) is 8.01. The Morgan fingerprint density at radius 2 is 2.31 bits per heavy atom. The number of halogens is 2. The minimum absolute atomic E-state index is 0.285. The molecule has 0 aliphatic rings. The molecule has 8 heteroatoms. The Hall–Kier alpha value is -2.02. The number of rotatable bonds is 2. The average molecular weight is 242 g/mol. The Kier molecular flexibility index (Phi) is 2.78. The van der Waals surface area contributed by atoms with Crippen molar-refractivity contribution in [3.05, 3.63) is 35.4 Å². The number of hydrogen-bond donors (Lipinski definition) is 2. The van der Waals surface area contributed by atoms with Crippen LogP contribution in [0.3, 0.4) is 0 Å². The Bertz CT molecular complexity index is 511. The molecule has 0 fully saturated rings. The zero-order chi connectivity index (χ0) is 11.5. The van der Waals surface area contributed by atoms with Crippen LogP contribution in [0.5, 0.6) is 0 Å². The molecule has 1 amide bonds. The van der Waals surface area contributed by atoms with Gasteiger partial charge in [0.05, 0.1) is 11.9 Å². The summed E-state index contributed by atoms with van der Waals surface area (Å²) in [4.78, 5) is 18.4. The number of amides is 1. The fourth-order valence-corrected chi connectivity index (χ4v) is 1.09. The molecule has 82 valence electrons. The van der Waals surface area contributed by atoms with Crippen LogP contribution < -0.4 is 5.32 Å². The van der Waals surface area contributed by atoms with Crippen molar-refractivity contribution in [2.24, 2.45) is 0 Å². The Morgan fingerprint density at radius 1 is 1.50 bits per heavy atom. The normalized spacial score (nSPS) is 10.1. The maximum absolute atomic E-state index is 12.4. The Labute approximate surface area is 93.9 Å². The highest BCUT2D eigenvalue weighted by Gasteiger charge is 2.12. The first-order chi connectivity index (χ1) is 7.65. The van der Waals surface area contributed by atoms with Crippen molar-refractivity contribution in [3.8, 4) is 0 Å². The van der Waals surface area contributed by atoms with Gasteiger partial charge in [-0.3, -0.25) is 4.79 Å². The topological polar surface area (TPSA) is 83.6 Å². The molecule has 0 aliphatic heterocycles. The molecule has 2 aromatic rings. The van der Waals surface area contributed by atoms with E-state index in [4.69, 9.17) is 11.6 Å². The molecular formula is C8H5ClFN5O. The van der Waals surface area contributed by atoms with Crippen LogP contribution in [-0.4, -0.2) is 26.1 Å². The van der Waals surface area contributed by atoms with E-state index < -0.39 is 12.0 Å². The van der Waals surface area contributed by atoms with Crippen LogP contribution >= 0.6 is 11.6 Å².